The van der Waals surface area contributed by atoms with Gasteiger partial charge < -0.3 is 116 Å². The van der Waals surface area contributed by atoms with Crippen molar-refractivity contribution in [2.45, 2.75) is 217 Å². The number of carboxylic acids is 4. The number of amides is 14. The van der Waals surface area contributed by atoms with E-state index < -0.39 is 261 Å². The highest BCUT2D eigenvalue weighted by Gasteiger charge is 2.41. The predicted octanol–water partition coefficient (Wildman–Crippen LogP) is -4.31. The number of unbranched alkanes of at least 4 members (excludes halogenated alkanes) is 6. The Morgan fingerprint density at radius 2 is 1.07 bits per heavy atom. The number of carbonyl (C=O) groups excluding carboxylic acids is 16. The number of esters is 1. The highest BCUT2D eigenvalue weighted by molar-refractivity contribution is 6.05. The molecule has 2 heterocycles. The molecule has 0 unspecified atom stereocenters. The molecular weight excluding hydrogens is 1520 g/mol. The van der Waals surface area contributed by atoms with E-state index in [1.54, 1.807) is 44.3 Å². The van der Waals surface area contributed by atoms with E-state index in [2.05, 4.69) is 65.1 Å². The van der Waals surface area contributed by atoms with Crippen molar-refractivity contribution in [1.82, 2.24) is 74.1 Å². The number of aromatic amines is 1. The Hall–Kier alpha value is -12.7. The molecule has 0 bridgehead atoms. The fourth-order valence-electron chi connectivity index (χ4n) is 11.8. The van der Waals surface area contributed by atoms with Crippen molar-refractivity contribution < 1.29 is 126 Å². The number of hydrogen-bond acceptors (Lipinski definition) is 23. The molecule has 14 amide bonds. The lowest BCUT2D eigenvalue weighted by molar-refractivity contribution is -0.156. The third-order valence-corrected chi connectivity index (χ3v) is 17.9. The van der Waals surface area contributed by atoms with Crippen LogP contribution in [-0.2, 0) is 102 Å². The minimum atomic E-state index is -2.44. The minimum Gasteiger partial charge on any atom is -0.481 e. The number of nitrogens with two attached hydrogens (primary N) is 2. The number of nitrogens with one attached hydrogen (secondary N) is 14. The summed E-state index contributed by atoms with van der Waals surface area (Å²) in [4.78, 5) is 276. The number of hydrogen-bond donors (Lipinski definition) is 21. The molecule has 1 saturated heterocycles. The van der Waals surface area contributed by atoms with Crippen LogP contribution >= 0.6 is 0 Å². The highest BCUT2D eigenvalue weighted by atomic mass is 16.5. The average Bonchev–Trinajstić information content (AvgIpc) is 1.70. The van der Waals surface area contributed by atoms with Crippen molar-refractivity contribution in [3.8, 4) is 0 Å². The zero-order chi connectivity index (χ0) is 85.9. The second-order valence-electron chi connectivity index (χ2n) is 27.9. The lowest BCUT2D eigenvalue weighted by atomic mass is 9.96. The van der Waals surface area contributed by atoms with Gasteiger partial charge in [-0.2, -0.15) is 0 Å². The van der Waals surface area contributed by atoms with E-state index in [4.69, 9.17) is 16.2 Å². The average molecular weight is 1620 g/mol. The maximum atomic E-state index is 14.8. The topological polar surface area (TPSA) is 676 Å². The Morgan fingerprint density at radius 1 is 0.539 bits per heavy atom. The predicted molar refractivity (Wildman–Crippen MR) is 401 cm³/mol. The maximum absolute atomic E-state index is 14.8. The molecule has 13 atom stereocenters. The third kappa shape index (κ3) is 32.5. The molecule has 23 N–H and O–H groups in total. The second-order valence-corrected chi connectivity index (χ2v) is 27.9. The van der Waals surface area contributed by atoms with Crippen molar-refractivity contribution in [1.29, 1.82) is 0 Å². The quantitative estimate of drug-likeness (QED) is 0.0116. The first-order chi connectivity index (χ1) is 54.2. The summed E-state index contributed by atoms with van der Waals surface area (Å²) in [6, 6.07) is -10.4. The first-order valence-electron chi connectivity index (χ1n) is 37.0. The summed E-state index contributed by atoms with van der Waals surface area (Å²) in [5, 5.41) is 78.9. The molecule has 1 fully saturated rings. The number of aromatic nitrogens is 1. The molecule has 1 aliphatic rings. The van der Waals surface area contributed by atoms with E-state index in [1.165, 1.54) is 24.3 Å². The van der Waals surface area contributed by atoms with Gasteiger partial charge in [-0.1, -0.05) is 96.6 Å². The Balaban J connectivity index is 1.88. The molecule has 1 aliphatic heterocycles. The largest absolute Gasteiger partial charge is 0.481 e. The maximum Gasteiger partial charge on any atom is 0.329 e. The molecule has 2 aromatic carbocycles. The highest BCUT2D eigenvalue weighted by Crippen LogP contribution is 2.22. The number of anilines is 1. The van der Waals surface area contributed by atoms with Crippen molar-refractivity contribution in [2.24, 2.45) is 17.6 Å². The normalized spacial score (nSPS) is 21.2. The number of benzene rings is 2. The number of fused-ring (bicyclic) bond motifs is 1. The SMILES string of the molecule is CCCCCCCCCC(=O)N[C@@H](Cc1c[nH]c2ccccc12)C(=O)N[C@@H](CC(N)=O)C(=O)N[C@@H](CC(=O)O)C(=O)N[C@@H]1C(=O)NCC(=O)N[C@@H](CC(C)C)C(=O)N[C@@H](CC(=O)O)C(=O)N[C@H](C)C(=O)N[C@@H](CC(=O)O)C(=O)NCC(=O)N[C@H](CO)C(=O)N[C@@H]([C@@H](C)CC(=O)O)C(=O)N[C@@H](CC(=O)c2ccccc2N)C(=O)O[C@@H]1C. The molecule has 3 aromatic rings. The zero-order valence-electron chi connectivity index (χ0n) is 64.2. The molecule has 0 spiro atoms. The number of ketones is 1. The molecule has 1 aromatic heterocycles. The van der Waals surface area contributed by atoms with Gasteiger partial charge in [0.25, 0.3) is 0 Å². The Kier molecular flexibility index (Phi) is 38.7. The number of carbonyl (C=O) groups is 20. The van der Waals surface area contributed by atoms with E-state index in [1.807, 2.05) is 16.0 Å². The Bertz CT molecular complexity index is 4060. The molecular formula is C73H102N16O26. The van der Waals surface area contributed by atoms with Crippen LogP contribution in [0.1, 0.15) is 154 Å². The first-order valence-corrected chi connectivity index (χ1v) is 37.0. The van der Waals surface area contributed by atoms with Crippen LogP contribution in [-0.4, -0.2) is 241 Å². The molecule has 630 valence electrons. The van der Waals surface area contributed by atoms with E-state index in [0.717, 1.165) is 52.9 Å². The minimum absolute atomic E-state index is 0.0156. The summed E-state index contributed by atoms with van der Waals surface area (Å²) in [6.45, 7) is 4.45. The second kappa shape index (κ2) is 47.0. The van der Waals surface area contributed by atoms with E-state index in [-0.39, 0.29) is 30.5 Å². The number of aliphatic carboxylic acids is 4. The van der Waals surface area contributed by atoms with Crippen molar-refractivity contribution >= 4 is 135 Å². The number of carboxylic acid groups (broad SMARTS) is 4. The van der Waals surface area contributed by atoms with Gasteiger partial charge in [0, 0.05) is 47.6 Å². The van der Waals surface area contributed by atoms with E-state index in [0.29, 0.717) is 29.3 Å². The van der Waals surface area contributed by atoms with Crippen LogP contribution in [0.15, 0.2) is 54.7 Å². The van der Waals surface area contributed by atoms with Gasteiger partial charge in [-0.05, 0) is 62.3 Å². The van der Waals surface area contributed by atoms with E-state index in [9.17, 15) is 121 Å². The summed E-state index contributed by atoms with van der Waals surface area (Å²) >= 11 is 0. The lowest BCUT2D eigenvalue weighted by Crippen LogP contribution is -2.62. The van der Waals surface area contributed by atoms with Gasteiger partial charge in [0.1, 0.15) is 72.6 Å². The molecule has 115 heavy (non-hydrogen) atoms. The summed E-state index contributed by atoms with van der Waals surface area (Å²) in [5.74, 6) is -30.0. The molecule has 42 nitrogen and oxygen atoms in total. The first kappa shape index (κ1) is 94.7. The van der Waals surface area contributed by atoms with Crippen LogP contribution in [0.4, 0.5) is 5.69 Å². The van der Waals surface area contributed by atoms with Crippen LogP contribution in [0, 0.1) is 11.8 Å². The summed E-state index contributed by atoms with van der Waals surface area (Å²) in [7, 11) is 0. The van der Waals surface area contributed by atoms with Crippen LogP contribution in [0.25, 0.3) is 10.9 Å². The van der Waals surface area contributed by atoms with Crippen LogP contribution in [0.2, 0.25) is 0 Å². The van der Waals surface area contributed by atoms with Crippen molar-refractivity contribution in [2.75, 3.05) is 25.4 Å². The number of cyclic esters (lactones) is 1. The lowest BCUT2D eigenvalue weighted by Gasteiger charge is -2.30. The Morgan fingerprint density at radius 3 is 1.66 bits per heavy atom. The number of para-hydroxylation sites is 2. The number of aliphatic hydroxyl groups is 1. The van der Waals surface area contributed by atoms with Crippen LogP contribution in [0.3, 0.4) is 0 Å². The van der Waals surface area contributed by atoms with Gasteiger partial charge in [-0.25, -0.2) is 4.79 Å². The number of nitrogen functional groups attached to an aromatic ring is 1. The number of aliphatic hydroxyl groups excluding tert-OH is 1. The number of Topliss-reactive ketones (excluding diaryl/α,β-unsaturated/α-hetero) is 1. The summed E-state index contributed by atoms with van der Waals surface area (Å²) < 4.78 is 5.69. The van der Waals surface area contributed by atoms with Gasteiger partial charge in [0.15, 0.2) is 5.78 Å². The van der Waals surface area contributed by atoms with Crippen LogP contribution in [0.5, 0.6) is 0 Å². The third-order valence-electron chi connectivity index (χ3n) is 17.9. The van der Waals surface area contributed by atoms with Gasteiger partial charge in [-0.15, -0.1) is 0 Å². The summed E-state index contributed by atoms with van der Waals surface area (Å²) in [6.07, 6.45) is -2.07. The smallest absolute Gasteiger partial charge is 0.329 e. The molecule has 0 radical (unpaired) electrons. The summed E-state index contributed by atoms with van der Waals surface area (Å²) in [5.41, 5.74) is 12.4. The number of primary amides is 1. The Labute approximate surface area is 658 Å². The number of rotatable bonds is 34. The zero-order valence-corrected chi connectivity index (χ0v) is 64.2. The van der Waals surface area contributed by atoms with E-state index >= 15 is 0 Å². The van der Waals surface area contributed by atoms with Gasteiger partial charge in [-0.3, -0.25) is 91.1 Å². The van der Waals surface area contributed by atoms with Crippen LogP contribution < -0.4 is 80.6 Å². The van der Waals surface area contributed by atoms with Crippen molar-refractivity contribution in [3.05, 3.63) is 65.9 Å². The molecule has 42 heteroatoms. The number of ether oxygens (including phenoxy) is 1. The van der Waals surface area contributed by atoms with Crippen molar-refractivity contribution in [3.63, 3.8) is 0 Å². The van der Waals surface area contributed by atoms with Gasteiger partial charge in [0.2, 0.25) is 82.7 Å². The standard InChI is InChI=1S/C73H102N16O26/c1-7-8-9-10-11-12-13-22-54(93)80-45(25-39-31-76-43-21-17-15-18-40(39)43)67(108)84-46(27-53(75)92)68(109)86-49(30-60(102)103)69(110)89-62-38(6)115-73(114)50(26-52(91)41-19-14-16-20-42(41)74)87-72(113)61(36(4)24-57(96)97)88-70(111)51(34-90)82-56(95)32-77-64(105)47(28-58(98)99)83-63(104)37(5)79-65(106)48(29-59(100)101)85-66(107)44(23-35(2)3)81-55(94)33-78-71(62)112/h14-21,31,35-38,44-51,61-62,76,90H,7-13,22-30,32-34,74H2,1-6H3,(H2,75,92)(H,77,105)(H,78,112)(H,79,106)(H,80,93)(H,81,94)(H,82,95)(H,83,104)(H,84,108)(H,85,107)(H,86,109)(H,87,113)(H,88,111)(H,89,110)(H,96,97)(H,98,99)(H,100,101)(H,102,103)/t36-,37+,38+,44-,45-,46-,47-,48-,49-,50-,51+,61-,62-/m0/s1. The molecule has 0 saturated carbocycles. The fourth-order valence-corrected chi connectivity index (χ4v) is 11.8. The fraction of sp³-hybridized carbons (Fsp3) is 0.534. The molecule has 0 aliphatic carbocycles. The monoisotopic (exact) mass is 1620 g/mol. The molecule has 4 rings (SSSR count). The number of H-pyrrole nitrogens is 1. The van der Waals surface area contributed by atoms with Gasteiger partial charge in [0.05, 0.1) is 51.8 Å². The van der Waals surface area contributed by atoms with Gasteiger partial charge >= 0.3 is 29.8 Å².